The Morgan fingerprint density at radius 2 is 1.19 bits per heavy atom. The van der Waals surface area contributed by atoms with Gasteiger partial charge in [0.05, 0.1) is 18.4 Å². The van der Waals surface area contributed by atoms with Crippen LogP contribution in [0.15, 0.2) is 109 Å². The smallest absolute Gasteiger partial charge is 0.251 e. The largest absolute Gasteiger partial charge is 0.494 e. The molecule has 4 aromatic rings. The number of nitrogens with one attached hydrogen (secondary N) is 3. The third-order valence-corrected chi connectivity index (χ3v) is 7.14. The molecule has 0 aliphatic heterocycles. The molecule has 8 nitrogen and oxygen atoms in total. The van der Waals surface area contributed by atoms with Crippen molar-refractivity contribution in [2.24, 2.45) is 5.73 Å². The number of benzene rings is 4. The topological polar surface area (TPSA) is 123 Å². The SMILES string of the molecule is CCOc1ccc([C@@H](CNC(=O)c2ccccc2)C(=O)NC[C@H](C(=O)NCc2ccc(CN)cc2)c2ccccc2)cc1. The Morgan fingerprint density at radius 1 is 0.651 bits per heavy atom. The van der Waals surface area contributed by atoms with Gasteiger partial charge in [0.15, 0.2) is 0 Å². The fourth-order valence-electron chi connectivity index (χ4n) is 4.69. The zero-order valence-corrected chi connectivity index (χ0v) is 24.3. The van der Waals surface area contributed by atoms with Gasteiger partial charge in [-0.05, 0) is 53.4 Å². The summed E-state index contributed by atoms with van der Waals surface area (Å²) in [7, 11) is 0. The van der Waals surface area contributed by atoms with Gasteiger partial charge < -0.3 is 26.4 Å². The summed E-state index contributed by atoms with van der Waals surface area (Å²) >= 11 is 0. The fourth-order valence-corrected chi connectivity index (χ4v) is 4.69. The molecule has 0 saturated carbocycles. The van der Waals surface area contributed by atoms with Gasteiger partial charge >= 0.3 is 0 Å². The molecule has 0 spiro atoms. The Balaban J connectivity index is 1.48. The summed E-state index contributed by atoms with van der Waals surface area (Å²) in [6.45, 7) is 3.39. The van der Waals surface area contributed by atoms with Gasteiger partial charge in [0.25, 0.3) is 5.91 Å². The van der Waals surface area contributed by atoms with Crippen LogP contribution < -0.4 is 26.4 Å². The molecule has 3 amide bonds. The number of rotatable bonds is 14. The molecule has 0 radical (unpaired) electrons. The lowest BCUT2D eigenvalue weighted by molar-refractivity contribution is -0.124. The minimum atomic E-state index is -0.691. The van der Waals surface area contributed by atoms with Crippen LogP contribution in [0.5, 0.6) is 5.75 Å². The van der Waals surface area contributed by atoms with E-state index >= 15 is 0 Å². The Kier molecular flexibility index (Phi) is 11.5. The van der Waals surface area contributed by atoms with Crippen LogP contribution in [0.25, 0.3) is 0 Å². The highest BCUT2D eigenvalue weighted by Gasteiger charge is 2.26. The van der Waals surface area contributed by atoms with Crippen molar-refractivity contribution in [2.75, 3.05) is 19.7 Å². The molecule has 43 heavy (non-hydrogen) atoms. The Morgan fingerprint density at radius 3 is 1.79 bits per heavy atom. The molecule has 8 heteroatoms. The third kappa shape index (κ3) is 9.02. The van der Waals surface area contributed by atoms with Gasteiger partial charge in [-0.1, -0.05) is 84.9 Å². The summed E-state index contributed by atoms with van der Waals surface area (Å²) in [6.07, 6.45) is 0. The van der Waals surface area contributed by atoms with E-state index in [-0.39, 0.29) is 30.8 Å². The van der Waals surface area contributed by atoms with Crippen LogP contribution in [0.1, 0.15) is 51.4 Å². The second-order valence-electron chi connectivity index (χ2n) is 10.1. The van der Waals surface area contributed by atoms with Crippen molar-refractivity contribution in [3.05, 3.63) is 137 Å². The van der Waals surface area contributed by atoms with Gasteiger partial charge in [-0.15, -0.1) is 0 Å². The monoisotopic (exact) mass is 578 g/mol. The average molecular weight is 579 g/mol. The van der Waals surface area contributed by atoms with Gasteiger partial charge in [-0.2, -0.15) is 0 Å². The van der Waals surface area contributed by atoms with E-state index in [4.69, 9.17) is 10.5 Å². The zero-order valence-electron chi connectivity index (χ0n) is 24.3. The second kappa shape index (κ2) is 15.9. The van der Waals surface area contributed by atoms with Crippen LogP contribution in [0.4, 0.5) is 0 Å². The van der Waals surface area contributed by atoms with Crippen molar-refractivity contribution in [1.82, 2.24) is 16.0 Å². The van der Waals surface area contributed by atoms with Crippen molar-refractivity contribution in [2.45, 2.75) is 31.8 Å². The van der Waals surface area contributed by atoms with E-state index in [0.717, 1.165) is 22.3 Å². The predicted molar refractivity (Wildman–Crippen MR) is 167 cm³/mol. The summed E-state index contributed by atoms with van der Waals surface area (Å²) in [5, 5.41) is 8.87. The molecule has 5 N–H and O–H groups in total. The maximum Gasteiger partial charge on any atom is 0.251 e. The Labute approximate surface area is 252 Å². The van der Waals surface area contributed by atoms with Crippen LogP contribution in [0.3, 0.4) is 0 Å². The summed E-state index contributed by atoms with van der Waals surface area (Å²) in [5.74, 6) is -1.40. The van der Waals surface area contributed by atoms with Crippen molar-refractivity contribution in [3.63, 3.8) is 0 Å². The van der Waals surface area contributed by atoms with Gasteiger partial charge in [0.2, 0.25) is 11.8 Å². The molecule has 0 heterocycles. The molecule has 0 saturated heterocycles. The summed E-state index contributed by atoms with van der Waals surface area (Å²) < 4.78 is 5.56. The van der Waals surface area contributed by atoms with E-state index in [1.807, 2.05) is 79.7 Å². The van der Waals surface area contributed by atoms with E-state index in [1.54, 1.807) is 36.4 Å². The molecule has 222 valence electrons. The Hall–Kier alpha value is -4.95. The highest BCUT2D eigenvalue weighted by molar-refractivity contribution is 5.95. The highest BCUT2D eigenvalue weighted by atomic mass is 16.5. The van der Waals surface area contributed by atoms with Crippen LogP contribution in [-0.2, 0) is 22.7 Å². The lowest BCUT2D eigenvalue weighted by Crippen LogP contribution is -2.41. The number of ether oxygens (including phenoxy) is 1. The molecule has 4 rings (SSSR count). The normalized spacial score (nSPS) is 12.0. The first-order chi connectivity index (χ1) is 21.0. The van der Waals surface area contributed by atoms with E-state index in [9.17, 15) is 14.4 Å². The number of nitrogens with two attached hydrogens (primary N) is 1. The summed E-state index contributed by atoms with van der Waals surface area (Å²) in [5.41, 5.74) is 9.67. The summed E-state index contributed by atoms with van der Waals surface area (Å²) in [4.78, 5) is 39.9. The number of hydrogen-bond acceptors (Lipinski definition) is 5. The quantitative estimate of drug-likeness (QED) is 0.178. The van der Waals surface area contributed by atoms with Crippen LogP contribution in [-0.4, -0.2) is 37.4 Å². The van der Waals surface area contributed by atoms with Crippen molar-refractivity contribution < 1.29 is 19.1 Å². The van der Waals surface area contributed by atoms with Gasteiger partial charge in [0, 0.05) is 31.7 Å². The number of hydrogen-bond donors (Lipinski definition) is 4. The molecular weight excluding hydrogens is 540 g/mol. The molecule has 0 unspecified atom stereocenters. The van der Waals surface area contributed by atoms with Crippen LogP contribution in [0, 0.1) is 0 Å². The van der Waals surface area contributed by atoms with E-state index in [2.05, 4.69) is 16.0 Å². The van der Waals surface area contributed by atoms with E-state index in [1.165, 1.54) is 0 Å². The van der Waals surface area contributed by atoms with E-state index < -0.39 is 11.8 Å². The van der Waals surface area contributed by atoms with Crippen LogP contribution >= 0.6 is 0 Å². The highest BCUT2D eigenvalue weighted by Crippen LogP contribution is 2.21. The second-order valence-corrected chi connectivity index (χ2v) is 10.1. The van der Waals surface area contributed by atoms with Gasteiger partial charge in [0.1, 0.15) is 5.75 Å². The maximum absolute atomic E-state index is 13.7. The number of carbonyl (C=O) groups is 3. The molecule has 4 aromatic carbocycles. The number of amides is 3. The standard InChI is InChI=1S/C35H38N4O4/c1-2-43-30-19-17-28(18-20-30)32(23-38-33(40)29-11-7-4-8-12-29)35(42)39-24-31(27-9-5-3-6-10-27)34(41)37-22-26-15-13-25(21-36)14-16-26/h3-20,31-32H,2,21-24,36H2,1H3,(H,37,41)(H,38,40)(H,39,42)/t31-,32+/m0/s1. The first-order valence-corrected chi connectivity index (χ1v) is 14.4. The molecule has 0 aromatic heterocycles. The minimum Gasteiger partial charge on any atom is -0.494 e. The van der Waals surface area contributed by atoms with E-state index in [0.29, 0.717) is 31.0 Å². The molecule has 0 aliphatic rings. The minimum absolute atomic E-state index is 0.0779. The lowest BCUT2D eigenvalue weighted by Gasteiger charge is -2.22. The van der Waals surface area contributed by atoms with Gasteiger partial charge in [-0.25, -0.2) is 0 Å². The summed E-state index contributed by atoms with van der Waals surface area (Å²) in [6, 6.07) is 33.2. The Bertz CT molecular complexity index is 1460. The molecule has 0 bridgehead atoms. The van der Waals surface area contributed by atoms with Crippen molar-refractivity contribution in [3.8, 4) is 5.75 Å². The molecular formula is C35H38N4O4. The number of carbonyl (C=O) groups excluding carboxylic acids is 3. The zero-order chi connectivity index (χ0) is 30.4. The molecule has 0 aliphatic carbocycles. The molecule has 2 atom stereocenters. The lowest BCUT2D eigenvalue weighted by atomic mass is 9.95. The van der Waals surface area contributed by atoms with Gasteiger partial charge in [-0.3, -0.25) is 14.4 Å². The predicted octanol–water partition coefficient (Wildman–Crippen LogP) is 4.27. The first kappa shape index (κ1) is 31.0. The van der Waals surface area contributed by atoms with Crippen molar-refractivity contribution in [1.29, 1.82) is 0 Å². The maximum atomic E-state index is 13.7. The molecule has 0 fully saturated rings. The fraction of sp³-hybridized carbons (Fsp3) is 0.229. The third-order valence-electron chi connectivity index (χ3n) is 7.14. The average Bonchev–Trinajstić information content (AvgIpc) is 3.06. The first-order valence-electron chi connectivity index (χ1n) is 14.4. The van der Waals surface area contributed by atoms with Crippen molar-refractivity contribution >= 4 is 17.7 Å². The van der Waals surface area contributed by atoms with Crippen LogP contribution in [0.2, 0.25) is 0 Å².